The van der Waals surface area contributed by atoms with Gasteiger partial charge in [0.05, 0.1) is 6.33 Å². The van der Waals surface area contributed by atoms with Crippen LogP contribution in [0.3, 0.4) is 0 Å². The smallest absolute Gasteiger partial charge is 0.253 e. The number of carbonyl (C=O) groups excluding carboxylic acids is 1. The van der Waals surface area contributed by atoms with E-state index in [0.717, 1.165) is 11.3 Å². The average Bonchev–Trinajstić information content (AvgIpc) is 3.00. The molecule has 1 fully saturated rings. The second-order valence-corrected chi connectivity index (χ2v) is 6.91. The van der Waals surface area contributed by atoms with Crippen molar-refractivity contribution >= 4 is 17.7 Å². The fraction of sp³-hybridized carbons (Fsp3) is 0.353. The van der Waals surface area contributed by atoms with Crippen LogP contribution in [0.4, 0.5) is 0 Å². The molecular formula is C17H19N3O2S. The molecule has 0 aliphatic carbocycles. The third-order valence-corrected chi connectivity index (χ3v) is 5.16. The van der Waals surface area contributed by atoms with Crippen LogP contribution in [-0.4, -0.2) is 32.7 Å². The van der Waals surface area contributed by atoms with Gasteiger partial charge >= 0.3 is 0 Å². The standard InChI is InChI=1S/C17H19N3O2S/c1-12-3-5-14(6-4-12)17-20(7-8-23-17)16(22)10-19-11-18-13(2)9-15(19)21/h3-6,9,11,17H,7-8,10H2,1-2H3. The predicted octanol–water partition coefficient (Wildman–Crippen LogP) is 2.13. The molecule has 1 aromatic heterocycles. The Labute approximate surface area is 139 Å². The van der Waals surface area contributed by atoms with E-state index in [1.54, 1.807) is 18.7 Å². The first-order chi connectivity index (χ1) is 11.0. The van der Waals surface area contributed by atoms with Crippen LogP contribution in [0.2, 0.25) is 0 Å². The number of rotatable bonds is 3. The summed E-state index contributed by atoms with van der Waals surface area (Å²) in [5.41, 5.74) is 2.80. The molecule has 2 aromatic rings. The summed E-state index contributed by atoms with van der Waals surface area (Å²) < 4.78 is 1.37. The lowest BCUT2D eigenvalue weighted by atomic mass is 10.1. The molecule has 0 N–H and O–H groups in total. The Hall–Kier alpha value is -2.08. The van der Waals surface area contributed by atoms with E-state index in [9.17, 15) is 9.59 Å². The Kier molecular flexibility index (Phi) is 4.52. The van der Waals surface area contributed by atoms with Crippen LogP contribution < -0.4 is 5.56 Å². The van der Waals surface area contributed by atoms with Gasteiger partial charge in [-0.2, -0.15) is 0 Å². The van der Waals surface area contributed by atoms with E-state index in [1.807, 2.05) is 11.8 Å². The first kappa shape index (κ1) is 15.8. The number of benzene rings is 1. The highest BCUT2D eigenvalue weighted by molar-refractivity contribution is 7.99. The lowest BCUT2D eigenvalue weighted by Gasteiger charge is -2.24. The molecule has 1 aromatic carbocycles. The molecule has 120 valence electrons. The molecule has 1 atom stereocenters. The van der Waals surface area contributed by atoms with Crippen LogP contribution >= 0.6 is 11.8 Å². The van der Waals surface area contributed by atoms with Crippen molar-refractivity contribution in [2.45, 2.75) is 25.8 Å². The molecule has 3 rings (SSSR count). The SMILES string of the molecule is Cc1ccc(C2SCCN2C(=O)Cn2cnc(C)cc2=O)cc1. The van der Waals surface area contributed by atoms with Gasteiger partial charge in [0.25, 0.3) is 5.56 Å². The fourth-order valence-corrected chi connectivity index (χ4v) is 3.88. The zero-order chi connectivity index (χ0) is 16.4. The van der Waals surface area contributed by atoms with Crippen molar-refractivity contribution in [1.82, 2.24) is 14.5 Å². The molecule has 0 bridgehead atoms. The van der Waals surface area contributed by atoms with Crippen molar-refractivity contribution in [2.24, 2.45) is 0 Å². The van der Waals surface area contributed by atoms with E-state index in [2.05, 4.69) is 29.2 Å². The second kappa shape index (κ2) is 6.58. The summed E-state index contributed by atoms with van der Waals surface area (Å²) in [7, 11) is 0. The largest absolute Gasteiger partial charge is 0.324 e. The van der Waals surface area contributed by atoms with E-state index in [1.165, 1.54) is 22.5 Å². The summed E-state index contributed by atoms with van der Waals surface area (Å²) in [6.45, 7) is 4.55. The molecule has 2 heterocycles. The van der Waals surface area contributed by atoms with Gasteiger partial charge in [-0.15, -0.1) is 11.8 Å². The lowest BCUT2D eigenvalue weighted by molar-refractivity contribution is -0.132. The lowest BCUT2D eigenvalue weighted by Crippen LogP contribution is -2.36. The van der Waals surface area contributed by atoms with Gasteiger partial charge in [0, 0.05) is 24.1 Å². The quantitative estimate of drug-likeness (QED) is 0.866. The summed E-state index contributed by atoms with van der Waals surface area (Å²) >= 11 is 1.76. The maximum atomic E-state index is 12.6. The van der Waals surface area contributed by atoms with E-state index >= 15 is 0 Å². The van der Waals surface area contributed by atoms with Gasteiger partial charge in [-0.1, -0.05) is 29.8 Å². The van der Waals surface area contributed by atoms with E-state index < -0.39 is 0 Å². The third kappa shape index (κ3) is 3.47. The van der Waals surface area contributed by atoms with Crippen LogP contribution in [-0.2, 0) is 11.3 Å². The van der Waals surface area contributed by atoms with Gasteiger partial charge in [0.1, 0.15) is 11.9 Å². The normalized spacial score (nSPS) is 17.5. The number of thioether (sulfide) groups is 1. The third-order valence-electron chi connectivity index (χ3n) is 3.90. The van der Waals surface area contributed by atoms with Crippen LogP contribution in [0, 0.1) is 13.8 Å². The summed E-state index contributed by atoms with van der Waals surface area (Å²) in [6, 6.07) is 9.70. The highest BCUT2D eigenvalue weighted by atomic mass is 32.2. The summed E-state index contributed by atoms with van der Waals surface area (Å²) in [4.78, 5) is 30.5. The Balaban J connectivity index is 1.78. The van der Waals surface area contributed by atoms with Gasteiger partial charge in [0.2, 0.25) is 5.91 Å². The van der Waals surface area contributed by atoms with Crippen LogP contribution in [0.25, 0.3) is 0 Å². The van der Waals surface area contributed by atoms with Crippen molar-refractivity contribution in [3.8, 4) is 0 Å². The van der Waals surface area contributed by atoms with E-state index in [4.69, 9.17) is 0 Å². The molecule has 1 unspecified atom stereocenters. The topological polar surface area (TPSA) is 55.2 Å². The van der Waals surface area contributed by atoms with Crippen molar-refractivity contribution < 1.29 is 4.79 Å². The minimum absolute atomic E-state index is 0.0252. The molecular weight excluding hydrogens is 310 g/mol. The Morgan fingerprint density at radius 2 is 2.04 bits per heavy atom. The summed E-state index contributed by atoms with van der Waals surface area (Å²) in [5, 5.41) is 0.0252. The molecule has 0 radical (unpaired) electrons. The van der Waals surface area contributed by atoms with Crippen molar-refractivity contribution in [3.63, 3.8) is 0 Å². The maximum absolute atomic E-state index is 12.6. The molecule has 1 amide bonds. The zero-order valence-electron chi connectivity index (χ0n) is 13.2. The number of carbonyl (C=O) groups is 1. The maximum Gasteiger partial charge on any atom is 0.253 e. The van der Waals surface area contributed by atoms with Crippen LogP contribution in [0.15, 0.2) is 41.5 Å². The Bertz CT molecular complexity index is 770. The number of aromatic nitrogens is 2. The average molecular weight is 329 g/mol. The van der Waals surface area contributed by atoms with Gasteiger partial charge in [-0.05, 0) is 19.4 Å². The molecule has 1 aliphatic heterocycles. The number of amides is 1. The van der Waals surface area contributed by atoms with Crippen molar-refractivity contribution in [2.75, 3.05) is 12.3 Å². The van der Waals surface area contributed by atoms with E-state index in [0.29, 0.717) is 12.2 Å². The highest BCUT2D eigenvalue weighted by Gasteiger charge is 2.30. The molecule has 1 aliphatic rings. The number of hydrogen-bond acceptors (Lipinski definition) is 4. The summed E-state index contributed by atoms with van der Waals surface area (Å²) in [5.74, 6) is 0.860. The van der Waals surface area contributed by atoms with Crippen molar-refractivity contribution in [3.05, 3.63) is 63.8 Å². The monoisotopic (exact) mass is 329 g/mol. The first-order valence-corrected chi connectivity index (χ1v) is 8.60. The summed E-state index contributed by atoms with van der Waals surface area (Å²) in [6.07, 6.45) is 1.44. The van der Waals surface area contributed by atoms with Gasteiger partial charge in [-0.3, -0.25) is 14.2 Å². The molecule has 0 saturated carbocycles. The van der Waals surface area contributed by atoms with Crippen molar-refractivity contribution in [1.29, 1.82) is 0 Å². The van der Waals surface area contributed by atoms with Gasteiger partial charge in [0.15, 0.2) is 0 Å². The number of hydrogen-bond donors (Lipinski definition) is 0. The molecule has 6 heteroatoms. The van der Waals surface area contributed by atoms with E-state index in [-0.39, 0.29) is 23.4 Å². The predicted molar refractivity (Wildman–Crippen MR) is 91.3 cm³/mol. The van der Waals surface area contributed by atoms with Gasteiger partial charge in [-0.25, -0.2) is 4.98 Å². The second-order valence-electron chi connectivity index (χ2n) is 5.72. The molecule has 1 saturated heterocycles. The minimum Gasteiger partial charge on any atom is -0.324 e. The molecule has 23 heavy (non-hydrogen) atoms. The molecule has 0 spiro atoms. The van der Waals surface area contributed by atoms with Crippen LogP contribution in [0.1, 0.15) is 22.2 Å². The number of aryl methyl sites for hydroxylation is 2. The highest BCUT2D eigenvalue weighted by Crippen LogP contribution is 2.37. The van der Waals surface area contributed by atoms with Gasteiger partial charge < -0.3 is 4.90 Å². The van der Waals surface area contributed by atoms with Crippen LogP contribution in [0.5, 0.6) is 0 Å². The zero-order valence-corrected chi connectivity index (χ0v) is 14.0. The fourth-order valence-electron chi connectivity index (χ4n) is 2.60. The molecule has 5 nitrogen and oxygen atoms in total. The Morgan fingerprint density at radius 3 is 2.74 bits per heavy atom. The Morgan fingerprint density at radius 1 is 1.30 bits per heavy atom. The minimum atomic E-state index is -0.190. The number of nitrogens with zero attached hydrogens (tertiary/aromatic N) is 3. The first-order valence-electron chi connectivity index (χ1n) is 7.55.